The van der Waals surface area contributed by atoms with Crippen LogP contribution in [0.3, 0.4) is 0 Å². The molecular weight excluding hydrogens is 408 g/mol. The largest absolute Gasteiger partial charge is 0.494 e. The molecule has 32 heavy (non-hydrogen) atoms. The minimum atomic E-state index is -0.962. The standard InChI is InChI=1S/C26H38O6/c1-8-30-21-14-18(4)23(25(28)29)20(15-21)10-9-11-22-24(32-26(6,7)31-22)17(3)13-12-16(2)19(5)27/h9-10,12-17,19,22,24,27H,8,11H2,1-7H3,(H,28,29)/b10-9+,13-12-/t16-,17?,19+,22+,24-/m1/s1. The number of hydrogen-bond donors (Lipinski definition) is 2. The first-order chi connectivity index (χ1) is 14.9. The van der Waals surface area contributed by atoms with Crippen LogP contribution in [0.25, 0.3) is 6.08 Å². The Morgan fingerprint density at radius 3 is 2.50 bits per heavy atom. The topological polar surface area (TPSA) is 85.2 Å². The third-order valence-electron chi connectivity index (χ3n) is 5.75. The van der Waals surface area contributed by atoms with Gasteiger partial charge in [-0.3, -0.25) is 0 Å². The van der Waals surface area contributed by atoms with Crippen LogP contribution in [-0.4, -0.2) is 46.9 Å². The van der Waals surface area contributed by atoms with Crippen LogP contribution < -0.4 is 4.74 Å². The molecule has 0 amide bonds. The molecule has 1 aromatic carbocycles. The first kappa shape index (κ1) is 26.1. The van der Waals surface area contributed by atoms with E-state index in [9.17, 15) is 15.0 Å². The maximum absolute atomic E-state index is 11.8. The molecule has 1 fully saturated rings. The number of benzene rings is 1. The summed E-state index contributed by atoms with van der Waals surface area (Å²) in [6, 6.07) is 3.51. The van der Waals surface area contributed by atoms with Crippen LogP contribution in [0.4, 0.5) is 0 Å². The van der Waals surface area contributed by atoms with Gasteiger partial charge >= 0.3 is 5.97 Å². The number of hydrogen-bond acceptors (Lipinski definition) is 5. The Balaban J connectivity index is 2.21. The molecule has 5 atom stereocenters. The Hall–Kier alpha value is -2.15. The lowest BCUT2D eigenvalue weighted by Crippen LogP contribution is -2.28. The molecule has 2 N–H and O–H groups in total. The minimum absolute atomic E-state index is 0.0569. The van der Waals surface area contributed by atoms with Crippen molar-refractivity contribution in [1.82, 2.24) is 0 Å². The number of aromatic carboxylic acids is 1. The van der Waals surface area contributed by atoms with E-state index in [1.807, 2.05) is 45.9 Å². The molecule has 1 saturated heterocycles. The lowest BCUT2D eigenvalue weighted by Gasteiger charge is -2.21. The third kappa shape index (κ3) is 6.92. The monoisotopic (exact) mass is 446 g/mol. The van der Waals surface area contributed by atoms with Gasteiger partial charge in [-0.2, -0.15) is 0 Å². The molecule has 2 rings (SSSR count). The van der Waals surface area contributed by atoms with Crippen molar-refractivity contribution in [3.63, 3.8) is 0 Å². The molecule has 1 unspecified atom stereocenters. The highest BCUT2D eigenvalue weighted by molar-refractivity contribution is 5.94. The summed E-state index contributed by atoms with van der Waals surface area (Å²) in [6.45, 7) is 13.8. The Labute approximate surface area is 191 Å². The summed E-state index contributed by atoms with van der Waals surface area (Å²) in [5, 5.41) is 19.4. The van der Waals surface area contributed by atoms with E-state index < -0.39 is 17.9 Å². The van der Waals surface area contributed by atoms with Crippen molar-refractivity contribution >= 4 is 12.0 Å². The van der Waals surface area contributed by atoms with Crippen molar-refractivity contribution in [2.24, 2.45) is 11.8 Å². The molecule has 0 radical (unpaired) electrons. The van der Waals surface area contributed by atoms with Crippen molar-refractivity contribution in [1.29, 1.82) is 0 Å². The van der Waals surface area contributed by atoms with E-state index >= 15 is 0 Å². The lowest BCUT2D eigenvalue weighted by molar-refractivity contribution is -0.148. The second-order valence-corrected chi connectivity index (χ2v) is 9.06. The van der Waals surface area contributed by atoms with Crippen molar-refractivity contribution in [3.05, 3.63) is 47.1 Å². The normalized spacial score (nSPS) is 23.5. The van der Waals surface area contributed by atoms with Gasteiger partial charge in [0.05, 0.1) is 30.5 Å². The predicted molar refractivity (Wildman–Crippen MR) is 126 cm³/mol. The number of aryl methyl sites for hydroxylation is 1. The van der Waals surface area contributed by atoms with Crippen LogP contribution in [0.1, 0.15) is 69.4 Å². The predicted octanol–water partition coefficient (Wildman–Crippen LogP) is 5.22. The fourth-order valence-corrected chi connectivity index (χ4v) is 3.90. The maximum atomic E-state index is 11.8. The van der Waals surface area contributed by atoms with Crippen LogP contribution in [-0.2, 0) is 9.47 Å². The van der Waals surface area contributed by atoms with Gasteiger partial charge in [0.2, 0.25) is 0 Å². The van der Waals surface area contributed by atoms with Crippen LogP contribution >= 0.6 is 0 Å². The summed E-state index contributed by atoms with van der Waals surface area (Å²) in [5.41, 5.74) is 1.54. The smallest absolute Gasteiger partial charge is 0.336 e. The number of ether oxygens (including phenoxy) is 3. The molecule has 6 heteroatoms. The van der Waals surface area contributed by atoms with Gasteiger partial charge in [-0.25, -0.2) is 4.79 Å². The van der Waals surface area contributed by atoms with Crippen molar-refractivity contribution < 1.29 is 29.2 Å². The van der Waals surface area contributed by atoms with Crippen molar-refractivity contribution in [2.45, 2.75) is 79.0 Å². The van der Waals surface area contributed by atoms with Crippen molar-refractivity contribution in [2.75, 3.05) is 6.61 Å². The first-order valence-corrected chi connectivity index (χ1v) is 11.3. The average molecular weight is 447 g/mol. The molecule has 1 heterocycles. The number of carboxylic acid groups (broad SMARTS) is 1. The molecule has 0 aliphatic carbocycles. The van der Waals surface area contributed by atoms with E-state index in [1.165, 1.54) is 0 Å². The summed E-state index contributed by atoms with van der Waals surface area (Å²) in [4.78, 5) is 11.8. The van der Waals surface area contributed by atoms with Crippen LogP contribution in [0.5, 0.6) is 5.75 Å². The van der Waals surface area contributed by atoms with Gasteiger partial charge in [-0.15, -0.1) is 0 Å². The summed E-state index contributed by atoms with van der Waals surface area (Å²) in [6.07, 6.45) is 7.69. The van der Waals surface area contributed by atoms with E-state index in [0.29, 0.717) is 29.9 Å². The fraction of sp³-hybridized carbons (Fsp3) is 0.577. The molecule has 0 aromatic heterocycles. The van der Waals surface area contributed by atoms with E-state index in [1.54, 1.807) is 26.0 Å². The molecule has 0 saturated carbocycles. The molecule has 6 nitrogen and oxygen atoms in total. The number of aliphatic hydroxyl groups excluding tert-OH is 1. The zero-order chi connectivity index (χ0) is 24.1. The fourth-order valence-electron chi connectivity index (χ4n) is 3.90. The van der Waals surface area contributed by atoms with Gasteiger partial charge in [0.1, 0.15) is 5.75 Å². The maximum Gasteiger partial charge on any atom is 0.336 e. The van der Waals surface area contributed by atoms with Gasteiger partial charge in [-0.1, -0.05) is 38.2 Å². The van der Waals surface area contributed by atoms with Gasteiger partial charge in [-0.05, 0) is 70.2 Å². The summed E-state index contributed by atoms with van der Waals surface area (Å²) in [5.74, 6) is -0.856. The lowest BCUT2D eigenvalue weighted by atomic mass is 9.94. The quantitative estimate of drug-likeness (QED) is 0.479. The minimum Gasteiger partial charge on any atom is -0.494 e. The zero-order valence-electron chi connectivity index (χ0n) is 20.3. The van der Waals surface area contributed by atoms with Crippen LogP contribution in [0.2, 0.25) is 0 Å². The third-order valence-corrected chi connectivity index (χ3v) is 5.75. The zero-order valence-corrected chi connectivity index (χ0v) is 20.3. The SMILES string of the molecule is CCOc1cc(C)c(C(=O)O)c(/C=C/C[C@@H]2OC(C)(C)O[C@@H]2C(C)/C=C\[C@@H](C)[C@H](C)O)c1. The van der Waals surface area contributed by atoms with Crippen LogP contribution in [0.15, 0.2) is 30.4 Å². The highest BCUT2D eigenvalue weighted by atomic mass is 16.8. The number of carbonyl (C=O) groups is 1. The summed E-state index contributed by atoms with van der Waals surface area (Å²) in [7, 11) is 0. The molecule has 178 valence electrons. The van der Waals surface area contributed by atoms with E-state index in [4.69, 9.17) is 14.2 Å². The molecule has 1 aliphatic heterocycles. The van der Waals surface area contributed by atoms with E-state index in [0.717, 1.165) is 0 Å². The molecule has 1 aliphatic rings. The molecular formula is C26H38O6. The molecule has 0 bridgehead atoms. The Morgan fingerprint density at radius 2 is 1.91 bits per heavy atom. The van der Waals surface area contributed by atoms with Crippen molar-refractivity contribution in [3.8, 4) is 5.75 Å². The van der Waals surface area contributed by atoms with E-state index in [-0.39, 0.29) is 29.6 Å². The highest BCUT2D eigenvalue weighted by Gasteiger charge is 2.42. The number of carboxylic acids is 1. The van der Waals surface area contributed by atoms with E-state index in [2.05, 4.69) is 13.0 Å². The Bertz CT molecular complexity index is 839. The first-order valence-electron chi connectivity index (χ1n) is 11.3. The van der Waals surface area contributed by atoms with Crippen LogP contribution in [0, 0.1) is 18.8 Å². The highest BCUT2D eigenvalue weighted by Crippen LogP contribution is 2.35. The van der Waals surface area contributed by atoms with Gasteiger partial charge < -0.3 is 24.4 Å². The van der Waals surface area contributed by atoms with Gasteiger partial charge in [0, 0.05) is 5.92 Å². The molecule has 1 aromatic rings. The molecule has 0 spiro atoms. The van der Waals surface area contributed by atoms with Gasteiger partial charge in [0.25, 0.3) is 0 Å². The number of aliphatic hydroxyl groups is 1. The second-order valence-electron chi connectivity index (χ2n) is 9.06. The second kappa shape index (κ2) is 11.1. The number of rotatable bonds is 10. The Morgan fingerprint density at radius 1 is 1.22 bits per heavy atom. The Kier molecular flexibility index (Phi) is 9.08. The van der Waals surface area contributed by atoms with Gasteiger partial charge in [0.15, 0.2) is 5.79 Å². The summed E-state index contributed by atoms with van der Waals surface area (Å²) < 4.78 is 17.9. The average Bonchev–Trinajstić information content (AvgIpc) is 2.99. The summed E-state index contributed by atoms with van der Waals surface area (Å²) >= 11 is 0.